The number of carbonyl (C=O) groups is 2. The minimum absolute atomic E-state index is 0.246. The largest absolute Gasteiger partial charge is 0.479 e. The SMILES string of the molecule is CC1Oc2ccc(C(=O)Cn3cc([N+](=O)[O-])ccc3=O)cc2NC1=O. The third kappa shape index (κ3) is 3.25. The number of nitrogens with one attached hydrogen (secondary N) is 1. The van der Waals surface area contributed by atoms with Gasteiger partial charge >= 0.3 is 0 Å². The first-order valence-electron chi connectivity index (χ1n) is 7.35. The number of Topliss-reactive ketones (excluding diaryl/α,β-unsaturated/α-hetero) is 1. The van der Waals surface area contributed by atoms with Gasteiger partial charge in [-0.15, -0.1) is 0 Å². The van der Waals surface area contributed by atoms with Gasteiger partial charge in [-0.05, 0) is 25.1 Å². The number of hydrogen-bond donors (Lipinski definition) is 1. The van der Waals surface area contributed by atoms with E-state index in [4.69, 9.17) is 4.74 Å². The van der Waals surface area contributed by atoms with Crippen molar-refractivity contribution in [3.05, 3.63) is 62.6 Å². The van der Waals surface area contributed by atoms with Crippen LogP contribution < -0.4 is 15.6 Å². The topological polar surface area (TPSA) is 121 Å². The Balaban J connectivity index is 1.86. The molecule has 1 aliphatic heterocycles. The van der Waals surface area contributed by atoms with Gasteiger partial charge in [-0.3, -0.25) is 24.5 Å². The molecule has 9 nitrogen and oxygen atoms in total. The maximum atomic E-state index is 12.4. The Bertz CT molecular complexity index is 949. The Labute approximate surface area is 141 Å². The standard InChI is InChI=1S/C16H13N3O6/c1-9-16(22)17-12-6-10(2-4-14(12)25-9)13(20)8-18-7-11(19(23)24)3-5-15(18)21/h2-7,9H,8H2,1H3,(H,17,22). The highest BCUT2D eigenvalue weighted by molar-refractivity contribution is 6.01. The van der Waals surface area contributed by atoms with Crippen molar-refractivity contribution in [3.8, 4) is 5.75 Å². The number of nitrogens with zero attached hydrogens (tertiary/aromatic N) is 2. The smallest absolute Gasteiger partial charge is 0.285 e. The molecule has 1 atom stereocenters. The van der Waals surface area contributed by atoms with E-state index in [2.05, 4.69) is 5.32 Å². The molecule has 0 bridgehead atoms. The van der Waals surface area contributed by atoms with E-state index >= 15 is 0 Å². The summed E-state index contributed by atoms with van der Waals surface area (Å²) in [4.78, 5) is 46.0. The van der Waals surface area contributed by atoms with E-state index in [1.165, 1.54) is 12.1 Å². The number of nitro groups is 1. The zero-order valence-corrected chi connectivity index (χ0v) is 13.1. The van der Waals surface area contributed by atoms with Gasteiger partial charge in [-0.1, -0.05) is 0 Å². The molecule has 0 radical (unpaired) electrons. The van der Waals surface area contributed by atoms with E-state index in [1.54, 1.807) is 13.0 Å². The van der Waals surface area contributed by atoms with Crippen molar-refractivity contribution < 1.29 is 19.2 Å². The second-order valence-corrected chi connectivity index (χ2v) is 5.49. The minimum Gasteiger partial charge on any atom is -0.479 e. The van der Waals surface area contributed by atoms with Crippen LogP contribution in [0.4, 0.5) is 11.4 Å². The van der Waals surface area contributed by atoms with Crippen molar-refractivity contribution in [1.29, 1.82) is 0 Å². The lowest BCUT2D eigenvalue weighted by atomic mass is 10.1. The van der Waals surface area contributed by atoms with Crippen LogP contribution in [0.2, 0.25) is 0 Å². The van der Waals surface area contributed by atoms with Gasteiger partial charge < -0.3 is 14.6 Å². The van der Waals surface area contributed by atoms with Gasteiger partial charge in [0.15, 0.2) is 11.9 Å². The molecule has 25 heavy (non-hydrogen) atoms. The normalized spacial score (nSPS) is 15.7. The number of ketones is 1. The molecule has 1 unspecified atom stereocenters. The molecule has 0 saturated heterocycles. The summed E-state index contributed by atoms with van der Waals surface area (Å²) in [5.74, 6) is -0.318. The lowest BCUT2D eigenvalue weighted by molar-refractivity contribution is -0.385. The molecule has 1 aromatic heterocycles. The molecule has 0 aliphatic carbocycles. The number of rotatable bonds is 4. The fraction of sp³-hybridized carbons (Fsp3) is 0.188. The van der Waals surface area contributed by atoms with Crippen molar-refractivity contribution in [3.63, 3.8) is 0 Å². The van der Waals surface area contributed by atoms with Crippen LogP contribution >= 0.6 is 0 Å². The van der Waals surface area contributed by atoms with Crippen LogP contribution in [0.25, 0.3) is 0 Å². The molecule has 1 N–H and O–H groups in total. The Morgan fingerprint density at radius 1 is 1.32 bits per heavy atom. The van der Waals surface area contributed by atoms with E-state index in [-0.39, 0.29) is 23.7 Å². The van der Waals surface area contributed by atoms with E-state index in [0.717, 1.165) is 22.9 Å². The zero-order chi connectivity index (χ0) is 18.1. The molecule has 2 aromatic rings. The Kier molecular flexibility index (Phi) is 4.05. The van der Waals surface area contributed by atoms with E-state index in [1.807, 2.05) is 0 Å². The first-order valence-corrected chi connectivity index (χ1v) is 7.35. The number of ether oxygens (including phenoxy) is 1. The molecule has 1 amide bonds. The molecule has 0 spiro atoms. The van der Waals surface area contributed by atoms with E-state index in [9.17, 15) is 24.5 Å². The molecular weight excluding hydrogens is 330 g/mol. The summed E-state index contributed by atoms with van der Waals surface area (Å²) in [6.07, 6.45) is 0.392. The van der Waals surface area contributed by atoms with Crippen LogP contribution in [0, 0.1) is 10.1 Å². The predicted molar refractivity (Wildman–Crippen MR) is 86.8 cm³/mol. The molecule has 128 valence electrons. The molecule has 9 heteroatoms. The minimum atomic E-state index is -0.645. The van der Waals surface area contributed by atoms with Crippen molar-refractivity contribution in [1.82, 2.24) is 4.57 Å². The van der Waals surface area contributed by atoms with E-state index in [0.29, 0.717) is 11.4 Å². The summed E-state index contributed by atoms with van der Waals surface area (Å²) in [6.45, 7) is 1.25. The van der Waals surface area contributed by atoms with Gasteiger partial charge in [0.05, 0.1) is 23.4 Å². The van der Waals surface area contributed by atoms with Gasteiger partial charge in [0, 0.05) is 17.7 Å². The first-order chi connectivity index (χ1) is 11.8. The monoisotopic (exact) mass is 343 g/mol. The number of fused-ring (bicyclic) bond motifs is 1. The summed E-state index contributed by atoms with van der Waals surface area (Å²) >= 11 is 0. The highest BCUT2D eigenvalue weighted by Gasteiger charge is 2.24. The second kappa shape index (κ2) is 6.19. The van der Waals surface area contributed by atoms with Gasteiger partial charge in [-0.25, -0.2) is 0 Å². The third-order valence-electron chi connectivity index (χ3n) is 3.73. The Hall–Kier alpha value is -3.49. The molecule has 0 saturated carbocycles. The molecule has 0 fully saturated rings. The second-order valence-electron chi connectivity index (χ2n) is 5.49. The number of benzene rings is 1. The van der Waals surface area contributed by atoms with Crippen LogP contribution in [0.15, 0.2) is 41.3 Å². The summed E-state index contributed by atoms with van der Waals surface area (Å²) in [7, 11) is 0. The van der Waals surface area contributed by atoms with Crippen LogP contribution in [-0.4, -0.2) is 27.3 Å². The highest BCUT2D eigenvalue weighted by Crippen LogP contribution is 2.30. The quantitative estimate of drug-likeness (QED) is 0.508. The van der Waals surface area contributed by atoms with Crippen LogP contribution in [0.5, 0.6) is 5.75 Å². The number of pyridine rings is 1. The molecule has 1 aliphatic rings. The lowest BCUT2D eigenvalue weighted by Crippen LogP contribution is -2.34. The van der Waals surface area contributed by atoms with Crippen LogP contribution in [0.3, 0.4) is 0 Å². The third-order valence-corrected chi connectivity index (χ3v) is 3.73. The number of amides is 1. The van der Waals surface area contributed by atoms with Gasteiger partial charge in [0.1, 0.15) is 5.75 Å². The van der Waals surface area contributed by atoms with Crippen LogP contribution in [-0.2, 0) is 11.3 Å². The number of carbonyl (C=O) groups excluding carboxylic acids is 2. The van der Waals surface area contributed by atoms with Crippen molar-refractivity contribution in [2.75, 3.05) is 5.32 Å². The lowest BCUT2D eigenvalue weighted by Gasteiger charge is -2.23. The van der Waals surface area contributed by atoms with E-state index < -0.39 is 22.4 Å². The van der Waals surface area contributed by atoms with Crippen molar-refractivity contribution >= 4 is 23.1 Å². The van der Waals surface area contributed by atoms with Gasteiger partial charge in [-0.2, -0.15) is 0 Å². The Morgan fingerprint density at radius 3 is 2.80 bits per heavy atom. The molecule has 1 aromatic carbocycles. The molecular formula is C16H13N3O6. The maximum absolute atomic E-state index is 12.4. The maximum Gasteiger partial charge on any atom is 0.285 e. The van der Waals surface area contributed by atoms with Crippen molar-refractivity contribution in [2.45, 2.75) is 19.6 Å². The van der Waals surface area contributed by atoms with Gasteiger partial charge in [0.25, 0.3) is 17.2 Å². The Morgan fingerprint density at radius 2 is 2.08 bits per heavy atom. The van der Waals surface area contributed by atoms with Crippen molar-refractivity contribution in [2.24, 2.45) is 0 Å². The average molecular weight is 343 g/mol. The first kappa shape index (κ1) is 16.4. The summed E-state index contributed by atoms with van der Waals surface area (Å²) in [5, 5.41) is 13.4. The number of aromatic nitrogens is 1. The van der Waals surface area contributed by atoms with Crippen LogP contribution in [0.1, 0.15) is 17.3 Å². The summed E-state index contributed by atoms with van der Waals surface area (Å²) in [6, 6.07) is 6.62. The molecule has 3 rings (SSSR count). The number of anilines is 1. The van der Waals surface area contributed by atoms with Gasteiger partial charge in [0.2, 0.25) is 0 Å². The number of hydrogen-bond acceptors (Lipinski definition) is 6. The summed E-state index contributed by atoms with van der Waals surface area (Å²) < 4.78 is 6.37. The fourth-order valence-corrected chi connectivity index (χ4v) is 2.38. The fourth-order valence-electron chi connectivity index (χ4n) is 2.38. The zero-order valence-electron chi connectivity index (χ0n) is 13.1. The molecule has 2 heterocycles. The predicted octanol–water partition coefficient (Wildman–Crippen LogP) is 1.36. The highest BCUT2D eigenvalue weighted by atomic mass is 16.6. The average Bonchev–Trinajstić information content (AvgIpc) is 2.57. The summed E-state index contributed by atoms with van der Waals surface area (Å²) in [5.41, 5.74) is -0.203.